The molecule has 18 heavy (non-hydrogen) atoms. The van der Waals surface area contributed by atoms with Gasteiger partial charge in [-0.25, -0.2) is 0 Å². The van der Waals surface area contributed by atoms with Gasteiger partial charge >= 0.3 is 0 Å². The number of allylic oxidation sites excluding steroid dienone is 1. The third kappa shape index (κ3) is 15.3. The van der Waals surface area contributed by atoms with E-state index < -0.39 is 5.95 Å². The number of aliphatic hydroxyl groups excluding tert-OH is 1. The molecule has 0 saturated heterocycles. The molecular formula is C16H32O2. The summed E-state index contributed by atoms with van der Waals surface area (Å²) in [5, 5.41) is 17.1. The van der Waals surface area contributed by atoms with Gasteiger partial charge in [0.05, 0.1) is 0 Å². The molecule has 0 aromatic heterocycles. The maximum Gasteiger partial charge on any atom is 0.269 e. The molecule has 2 heteroatoms. The molecule has 0 unspecified atom stereocenters. The Balaban J connectivity index is 2.97. The van der Waals surface area contributed by atoms with Crippen LogP contribution in [0.5, 0.6) is 0 Å². The summed E-state index contributed by atoms with van der Waals surface area (Å²) >= 11 is 0. The number of rotatable bonds is 13. The summed E-state index contributed by atoms with van der Waals surface area (Å²) in [6.45, 7) is 2.26. The van der Waals surface area contributed by atoms with E-state index in [1.165, 1.54) is 76.7 Å². The van der Waals surface area contributed by atoms with Crippen LogP contribution in [0, 0.1) is 0 Å². The van der Waals surface area contributed by atoms with Gasteiger partial charge < -0.3 is 10.2 Å². The molecule has 108 valence electrons. The van der Waals surface area contributed by atoms with Gasteiger partial charge in [-0.05, 0) is 18.9 Å². The molecule has 0 heterocycles. The van der Waals surface area contributed by atoms with Gasteiger partial charge in [0.2, 0.25) is 0 Å². The standard InChI is InChI=1S/C16H32O2/c1-2-3-4-5-6-7-8-9-10-11-12-13-14-15-16(17)18/h15,17-18H,2-14H2,1H3. The predicted molar refractivity (Wildman–Crippen MR) is 79.0 cm³/mol. The summed E-state index contributed by atoms with van der Waals surface area (Å²) in [7, 11) is 0. The number of hydrogen-bond acceptors (Lipinski definition) is 2. The maximum absolute atomic E-state index is 8.55. The van der Waals surface area contributed by atoms with Gasteiger partial charge in [-0.15, -0.1) is 0 Å². The highest BCUT2D eigenvalue weighted by atomic mass is 16.5. The number of hydrogen-bond donors (Lipinski definition) is 2. The van der Waals surface area contributed by atoms with E-state index in [2.05, 4.69) is 6.92 Å². The SMILES string of the molecule is CCCCCCCCCCCCCCC=C(O)O. The summed E-state index contributed by atoms with van der Waals surface area (Å²) < 4.78 is 0. The first-order valence-corrected chi connectivity index (χ1v) is 7.85. The van der Waals surface area contributed by atoms with Gasteiger partial charge in [-0.2, -0.15) is 0 Å². The molecule has 0 aliphatic carbocycles. The van der Waals surface area contributed by atoms with Crippen LogP contribution in [-0.4, -0.2) is 10.2 Å². The second-order valence-electron chi connectivity index (χ2n) is 5.24. The van der Waals surface area contributed by atoms with Gasteiger partial charge in [0, 0.05) is 0 Å². The molecule has 0 aromatic carbocycles. The molecule has 0 aliphatic heterocycles. The zero-order chi connectivity index (χ0) is 13.5. The molecule has 0 atom stereocenters. The van der Waals surface area contributed by atoms with E-state index in [-0.39, 0.29) is 0 Å². The average molecular weight is 256 g/mol. The average Bonchev–Trinajstić information content (AvgIpc) is 2.34. The van der Waals surface area contributed by atoms with Crippen molar-refractivity contribution in [3.05, 3.63) is 12.0 Å². The van der Waals surface area contributed by atoms with Crippen molar-refractivity contribution in [2.45, 2.75) is 90.4 Å². The van der Waals surface area contributed by atoms with Crippen molar-refractivity contribution in [1.82, 2.24) is 0 Å². The first kappa shape index (κ1) is 17.3. The van der Waals surface area contributed by atoms with E-state index >= 15 is 0 Å². The van der Waals surface area contributed by atoms with Crippen LogP contribution in [0.15, 0.2) is 12.0 Å². The fraction of sp³-hybridized carbons (Fsp3) is 0.875. The van der Waals surface area contributed by atoms with Crippen molar-refractivity contribution in [2.75, 3.05) is 0 Å². The smallest absolute Gasteiger partial charge is 0.269 e. The first-order valence-electron chi connectivity index (χ1n) is 7.85. The van der Waals surface area contributed by atoms with Crippen LogP contribution in [0.3, 0.4) is 0 Å². The normalized spacial score (nSPS) is 10.5. The summed E-state index contributed by atoms with van der Waals surface area (Å²) in [4.78, 5) is 0. The Kier molecular flexibility index (Phi) is 13.9. The number of unbranched alkanes of at least 4 members (excludes halogenated alkanes) is 12. The Bertz CT molecular complexity index is 184. The highest BCUT2D eigenvalue weighted by molar-refractivity contribution is 4.78. The monoisotopic (exact) mass is 256 g/mol. The fourth-order valence-electron chi connectivity index (χ4n) is 2.22. The highest BCUT2D eigenvalue weighted by Crippen LogP contribution is 2.12. The lowest BCUT2D eigenvalue weighted by Crippen LogP contribution is -1.83. The summed E-state index contributed by atoms with van der Waals surface area (Å²) in [6, 6.07) is 0. The molecule has 0 aliphatic rings. The molecular weight excluding hydrogens is 224 g/mol. The minimum absolute atomic E-state index is 0.530. The molecule has 2 nitrogen and oxygen atoms in total. The largest absolute Gasteiger partial charge is 0.481 e. The van der Waals surface area contributed by atoms with Crippen LogP contribution in [-0.2, 0) is 0 Å². The van der Waals surface area contributed by atoms with Crippen molar-refractivity contribution in [2.24, 2.45) is 0 Å². The minimum Gasteiger partial charge on any atom is -0.481 e. The second kappa shape index (κ2) is 14.4. The molecule has 0 amide bonds. The summed E-state index contributed by atoms with van der Waals surface area (Å²) in [5.41, 5.74) is 0. The Hall–Kier alpha value is -0.660. The van der Waals surface area contributed by atoms with Crippen molar-refractivity contribution in [3.63, 3.8) is 0 Å². The summed E-state index contributed by atoms with van der Waals surface area (Å²) in [5.74, 6) is -0.530. The topological polar surface area (TPSA) is 40.5 Å². The van der Waals surface area contributed by atoms with E-state index in [0.29, 0.717) is 0 Å². The van der Waals surface area contributed by atoms with E-state index in [0.717, 1.165) is 12.8 Å². The van der Waals surface area contributed by atoms with Crippen molar-refractivity contribution >= 4 is 0 Å². The van der Waals surface area contributed by atoms with Crippen LogP contribution in [0.4, 0.5) is 0 Å². The molecule has 0 fully saturated rings. The zero-order valence-electron chi connectivity index (χ0n) is 12.2. The van der Waals surface area contributed by atoms with Crippen LogP contribution < -0.4 is 0 Å². The van der Waals surface area contributed by atoms with E-state index in [1.807, 2.05) is 0 Å². The lowest BCUT2D eigenvalue weighted by molar-refractivity contribution is 0.189. The third-order valence-corrected chi connectivity index (χ3v) is 3.38. The Morgan fingerprint density at radius 3 is 1.44 bits per heavy atom. The minimum atomic E-state index is -0.530. The van der Waals surface area contributed by atoms with Gasteiger partial charge in [-0.1, -0.05) is 77.6 Å². The second-order valence-corrected chi connectivity index (χ2v) is 5.24. The molecule has 0 radical (unpaired) electrons. The van der Waals surface area contributed by atoms with Crippen LogP contribution in [0.1, 0.15) is 90.4 Å². The molecule has 2 N–H and O–H groups in total. The Morgan fingerprint density at radius 1 is 0.667 bits per heavy atom. The van der Waals surface area contributed by atoms with Crippen molar-refractivity contribution < 1.29 is 10.2 Å². The summed E-state index contributed by atoms with van der Waals surface area (Å²) in [6.07, 6.45) is 18.3. The molecule has 0 aromatic rings. The Labute approximate surface area is 113 Å². The van der Waals surface area contributed by atoms with Gasteiger partial charge in [0.1, 0.15) is 0 Å². The highest BCUT2D eigenvalue weighted by Gasteiger charge is 1.93. The lowest BCUT2D eigenvalue weighted by Gasteiger charge is -2.02. The van der Waals surface area contributed by atoms with Crippen LogP contribution >= 0.6 is 0 Å². The van der Waals surface area contributed by atoms with Crippen LogP contribution in [0.2, 0.25) is 0 Å². The third-order valence-electron chi connectivity index (χ3n) is 3.38. The van der Waals surface area contributed by atoms with E-state index in [1.54, 1.807) is 0 Å². The zero-order valence-corrected chi connectivity index (χ0v) is 12.2. The van der Waals surface area contributed by atoms with Crippen LogP contribution in [0.25, 0.3) is 0 Å². The lowest BCUT2D eigenvalue weighted by atomic mass is 10.0. The van der Waals surface area contributed by atoms with E-state index in [9.17, 15) is 0 Å². The van der Waals surface area contributed by atoms with Crippen molar-refractivity contribution in [3.8, 4) is 0 Å². The fourth-order valence-corrected chi connectivity index (χ4v) is 2.22. The molecule has 0 bridgehead atoms. The quantitative estimate of drug-likeness (QED) is 0.312. The predicted octanol–water partition coefficient (Wildman–Crippen LogP) is 6.04. The van der Waals surface area contributed by atoms with Gasteiger partial charge in [0.25, 0.3) is 5.95 Å². The maximum atomic E-state index is 8.55. The van der Waals surface area contributed by atoms with Crippen molar-refractivity contribution in [1.29, 1.82) is 0 Å². The Morgan fingerprint density at radius 2 is 1.06 bits per heavy atom. The molecule has 0 spiro atoms. The molecule has 0 saturated carbocycles. The first-order chi connectivity index (χ1) is 8.77. The van der Waals surface area contributed by atoms with Gasteiger partial charge in [0.15, 0.2) is 0 Å². The van der Waals surface area contributed by atoms with Gasteiger partial charge in [-0.3, -0.25) is 0 Å². The number of aliphatic hydroxyl groups is 2. The van der Waals surface area contributed by atoms with E-state index in [4.69, 9.17) is 10.2 Å². The molecule has 0 rings (SSSR count).